The summed E-state index contributed by atoms with van der Waals surface area (Å²) in [6.45, 7) is 0.685. The first kappa shape index (κ1) is 25.4. The number of para-hydroxylation sites is 1. The third-order valence-corrected chi connectivity index (χ3v) is 6.81. The number of ether oxygens (including phenoxy) is 1. The number of nitrogens with zero attached hydrogens (tertiary/aromatic N) is 1. The van der Waals surface area contributed by atoms with Gasteiger partial charge in [0.25, 0.3) is 5.91 Å². The van der Waals surface area contributed by atoms with Crippen molar-refractivity contribution >= 4 is 56.9 Å². The topological polar surface area (TPSA) is 77.9 Å². The predicted octanol–water partition coefficient (Wildman–Crippen LogP) is 7.47. The van der Waals surface area contributed by atoms with Crippen LogP contribution in [-0.2, 0) is 17.8 Å². The van der Waals surface area contributed by atoms with Gasteiger partial charge in [0.05, 0.1) is 10.0 Å². The summed E-state index contributed by atoms with van der Waals surface area (Å²) in [5.74, 6) is -0.114. The lowest BCUT2D eigenvalue weighted by atomic mass is 10.1. The van der Waals surface area contributed by atoms with Crippen molar-refractivity contribution in [2.24, 2.45) is 0 Å². The Morgan fingerprint density at radius 2 is 1.71 bits per heavy atom. The number of nitrogens with one attached hydrogen (secondary N) is 2. The van der Waals surface area contributed by atoms with Crippen LogP contribution in [-0.4, -0.2) is 17.4 Å². The lowest BCUT2D eigenvalue weighted by molar-refractivity contribution is -0.117. The summed E-state index contributed by atoms with van der Waals surface area (Å²) in [5.41, 5.74) is 3.62. The highest BCUT2D eigenvalue weighted by Crippen LogP contribution is 2.35. The summed E-state index contributed by atoms with van der Waals surface area (Å²) in [7, 11) is 0. The van der Waals surface area contributed by atoms with E-state index in [0.717, 1.165) is 32.8 Å². The standard InChI is InChI=1S/C31H23Cl2N3O2/c32-27-15-21(16-28(33)30(27)38-19-20-9-10-22-5-1-2-6-23(22)13-20)14-25(17-34)31(37)35-12-11-24-18-36-29-8-4-3-7-26(24)29/h1-10,13-16,18,36H,11-12,19H2,(H,35,37)/b25-14-. The van der Waals surface area contributed by atoms with Gasteiger partial charge in [0.1, 0.15) is 18.2 Å². The molecule has 0 atom stereocenters. The second kappa shape index (κ2) is 11.4. The van der Waals surface area contributed by atoms with Gasteiger partial charge >= 0.3 is 0 Å². The van der Waals surface area contributed by atoms with Crippen molar-refractivity contribution in [3.05, 3.63) is 117 Å². The number of hydrogen-bond donors (Lipinski definition) is 2. The number of aromatic nitrogens is 1. The minimum Gasteiger partial charge on any atom is -0.486 e. The molecule has 0 aliphatic carbocycles. The molecule has 1 amide bonds. The quantitative estimate of drug-likeness (QED) is 0.158. The predicted molar refractivity (Wildman–Crippen MR) is 153 cm³/mol. The molecular weight excluding hydrogens is 517 g/mol. The molecule has 5 nitrogen and oxygen atoms in total. The van der Waals surface area contributed by atoms with Gasteiger partial charge in [0.2, 0.25) is 0 Å². The number of hydrogen-bond acceptors (Lipinski definition) is 3. The Bertz CT molecular complexity index is 1690. The van der Waals surface area contributed by atoms with Crippen molar-refractivity contribution in [1.29, 1.82) is 5.26 Å². The van der Waals surface area contributed by atoms with E-state index in [1.54, 1.807) is 12.1 Å². The van der Waals surface area contributed by atoms with Crippen LogP contribution in [0.4, 0.5) is 0 Å². The van der Waals surface area contributed by atoms with E-state index in [0.29, 0.717) is 40.9 Å². The Morgan fingerprint density at radius 3 is 2.50 bits per heavy atom. The van der Waals surface area contributed by atoms with Crippen molar-refractivity contribution in [1.82, 2.24) is 10.3 Å². The Kier molecular flexibility index (Phi) is 7.65. The molecular formula is C31H23Cl2N3O2. The first-order valence-corrected chi connectivity index (χ1v) is 12.8. The van der Waals surface area contributed by atoms with E-state index >= 15 is 0 Å². The van der Waals surface area contributed by atoms with Gasteiger partial charge in [-0.1, -0.05) is 77.8 Å². The lowest BCUT2D eigenvalue weighted by Gasteiger charge is -2.12. The zero-order chi connectivity index (χ0) is 26.5. The van der Waals surface area contributed by atoms with Crippen molar-refractivity contribution < 1.29 is 9.53 Å². The van der Waals surface area contributed by atoms with Crippen LogP contribution in [0.3, 0.4) is 0 Å². The number of nitriles is 1. The number of benzene rings is 4. The third-order valence-electron chi connectivity index (χ3n) is 6.25. The number of rotatable bonds is 8. The van der Waals surface area contributed by atoms with Crippen molar-refractivity contribution in [3.63, 3.8) is 0 Å². The van der Waals surface area contributed by atoms with Gasteiger partial charge in [-0.3, -0.25) is 4.79 Å². The summed E-state index contributed by atoms with van der Waals surface area (Å²) in [6, 6.07) is 27.4. The first-order chi connectivity index (χ1) is 18.5. The van der Waals surface area contributed by atoms with Crippen molar-refractivity contribution in [2.45, 2.75) is 13.0 Å². The molecule has 0 radical (unpaired) electrons. The highest BCUT2D eigenvalue weighted by atomic mass is 35.5. The maximum Gasteiger partial charge on any atom is 0.261 e. The van der Waals surface area contributed by atoms with Gasteiger partial charge in [-0.15, -0.1) is 0 Å². The molecule has 5 rings (SSSR count). The van der Waals surface area contributed by atoms with Crippen LogP contribution in [0.2, 0.25) is 10.0 Å². The molecule has 0 aliphatic heterocycles. The Morgan fingerprint density at radius 1 is 0.974 bits per heavy atom. The van der Waals surface area contributed by atoms with E-state index in [-0.39, 0.29) is 5.57 Å². The normalized spacial score (nSPS) is 11.4. The lowest BCUT2D eigenvalue weighted by Crippen LogP contribution is -2.26. The van der Waals surface area contributed by atoms with Crippen LogP contribution in [0.5, 0.6) is 5.75 Å². The molecule has 7 heteroatoms. The molecule has 2 N–H and O–H groups in total. The molecule has 38 heavy (non-hydrogen) atoms. The smallest absolute Gasteiger partial charge is 0.261 e. The van der Waals surface area contributed by atoms with E-state index < -0.39 is 5.91 Å². The highest BCUT2D eigenvalue weighted by Gasteiger charge is 2.13. The maximum absolute atomic E-state index is 12.7. The minimum atomic E-state index is -0.462. The summed E-state index contributed by atoms with van der Waals surface area (Å²) < 4.78 is 5.92. The molecule has 0 aliphatic rings. The Balaban J connectivity index is 1.23. The van der Waals surface area contributed by atoms with Gasteiger partial charge in [0, 0.05) is 23.6 Å². The fourth-order valence-corrected chi connectivity index (χ4v) is 4.96. The number of fused-ring (bicyclic) bond motifs is 2. The molecule has 0 saturated carbocycles. The average molecular weight is 540 g/mol. The van der Waals surface area contributed by atoms with Gasteiger partial charge in [-0.05, 0) is 64.2 Å². The van der Waals surface area contributed by atoms with E-state index in [1.807, 2.05) is 66.9 Å². The number of halogens is 2. The SMILES string of the molecule is N#C/C(=C/c1cc(Cl)c(OCc2ccc3ccccc3c2)c(Cl)c1)C(=O)NCCc1c[nH]c2ccccc12. The number of aromatic amines is 1. The second-order valence-corrected chi connectivity index (χ2v) is 9.63. The fraction of sp³-hybridized carbons (Fsp3) is 0.0968. The molecule has 4 aromatic carbocycles. The van der Waals surface area contributed by atoms with E-state index in [4.69, 9.17) is 27.9 Å². The number of carbonyl (C=O) groups is 1. The summed E-state index contributed by atoms with van der Waals surface area (Å²) >= 11 is 12.9. The van der Waals surface area contributed by atoms with Gasteiger partial charge < -0.3 is 15.0 Å². The molecule has 0 unspecified atom stereocenters. The van der Waals surface area contributed by atoms with Gasteiger partial charge in [0.15, 0.2) is 5.75 Å². The van der Waals surface area contributed by atoms with E-state index in [1.165, 1.54) is 6.08 Å². The van der Waals surface area contributed by atoms with Crippen LogP contribution in [0.1, 0.15) is 16.7 Å². The van der Waals surface area contributed by atoms with Crippen LogP contribution in [0.25, 0.3) is 27.8 Å². The maximum atomic E-state index is 12.7. The average Bonchev–Trinajstić information content (AvgIpc) is 3.34. The zero-order valence-electron chi connectivity index (χ0n) is 20.3. The monoisotopic (exact) mass is 539 g/mol. The highest BCUT2D eigenvalue weighted by molar-refractivity contribution is 6.37. The van der Waals surface area contributed by atoms with Crippen LogP contribution < -0.4 is 10.1 Å². The zero-order valence-corrected chi connectivity index (χ0v) is 21.8. The Hall–Kier alpha value is -4.24. The molecule has 0 fully saturated rings. The second-order valence-electron chi connectivity index (χ2n) is 8.82. The molecule has 0 bridgehead atoms. The molecule has 0 saturated heterocycles. The van der Waals surface area contributed by atoms with Gasteiger partial charge in [-0.25, -0.2) is 0 Å². The summed E-state index contributed by atoms with van der Waals surface area (Å²) in [4.78, 5) is 15.9. The van der Waals surface area contributed by atoms with Crippen LogP contribution >= 0.6 is 23.2 Å². The number of amides is 1. The molecule has 5 aromatic rings. The largest absolute Gasteiger partial charge is 0.486 e. The molecule has 0 spiro atoms. The number of H-pyrrole nitrogens is 1. The molecule has 1 heterocycles. The van der Waals surface area contributed by atoms with Crippen LogP contribution in [0.15, 0.2) is 90.6 Å². The fourth-order valence-electron chi connectivity index (χ4n) is 4.34. The van der Waals surface area contributed by atoms with Crippen molar-refractivity contribution in [3.8, 4) is 11.8 Å². The first-order valence-electron chi connectivity index (χ1n) is 12.1. The van der Waals surface area contributed by atoms with Crippen LogP contribution in [0, 0.1) is 11.3 Å². The third kappa shape index (κ3) is 5.68. The minimum absolute atomic E-state index is 0.0408. The van der Waals surface area contributed by atoms with E-state index in [9.17, 15) is 10.1 Å². The molecule has 188 valence electrons. The van der Waals surface area contributed by atoms with E-state index in [2.05, 4.69) is 22.4 Å². The molecule has 1 aromatic heterocycles. The summed E-state index contributed by atoms with van der Waals surface area (Å²) in [5, 5.41) is 16.4. The number of carbonyl (C=O) groups excluding carboxylic acids is 1. The van der Waals surface area contributed by atoms with Crippen molar-refractivity contribution in [2.75, 3.05) is 6.54 Å². The van der Waals surface area contributed by atoms with Gasteiger partial charge in [-0.2, -0.15) is 5.26 Å². The Labute approximate surface area is 230 Å². The summed E-state index contributed by atoms with van der Waals surface area (Å²) in [6.07, 6.45) is 4.03.